The summed E-state index contributed by atoms with van der Waals surface area (Å²) < 4.78 is 4.58. The van der Waals surface area contributed by atoms with E-state index in [1.54, 1.807) is 24.1 Å². The molecule has 0 saturated heterocycles. The van der Waals surface area contributed by atoms with Crippen molar-refractivity contribution in [1.29, 1.82) is 5.26 Å². The summed E-state index contributed by atoms with van der Waals surface area (Å²) in [6.45, 7) is 11.0. The predicted octanol–water partition coefficient (Wildman–Crippen LogP) is 4.50. The number of carbonyl (C=O) groups is 4. The van der Waals surface area contributed by atoms with Gasteiger partial charge in [0.15, 0.2) is 11.6 Å². The first-order valence-electron chi connectivity index (χ1n) is 15.6. The second-order valence-corrected chi connectivity index (χ2v) is 15.5. The largest absolute Gasteiger partial charge is 0.453 e. The second-order valence-electron chi connectivity index (χ2n) is 15.5. The van der Waals surface area contributed by atoms with Crippen molar-refractivity contribution < 1.29 is 29.0 Å². The molecule has 0 unspecified atom stereocenters. The van der Waals surface area contributed by atoms with Crippen molar-refractivity contribution in [2.45, 2.75) is 91.6 Å². The average molecular weight is 594 g/mol. The van der Waals surface area contributed by atoms with Crippen LogP contribution in [0.3, 0.4) is 0 Å². The summed E-state index contributed by atoms with van der Waals surface area (Å²) in [6.07, 6.45) is 8.58. The molecule has 9 nitrogen and oxygen atoms in total. The second kappa shape index (κ2) is 10.0. The van der Waals surface area contributed by atoms with Gasteiger partial charge in [0.2, 0.25) is 5.91 Å². The number of likely N-dealkylation sites (N-methyl/N-ethyl adjacent to an activating group) is 1. The lowest BCUT2D eigenvalue weighted by Gasteiger charge is -2.71. The van der Waals surface area contributed by atoms with E-state index in [-0.39, 0.29) is 52.3 Å². The maximum Gasteiger partial charge on any atom is 0.407 e. The van der Waals surface area contributed by atoms with Gasteiger partial charge < -0.3 is 20.1 Å². The number of alkyl carbamates (subject to hydrolysis) is 1. The Morgan fingerprint density at radius 1 is 1.12 bits per heavy atom. The van der Waals surface area contributed by atoms with Gasteiger partial charge in [0.1, 0.15) is 18.2 Å². The van der Waals surface area contributed by atoms with Gasteiger partial charge in [-0.25, -0.2) is 4.79 Å². The molecule has 0 spiro atoms. The summed E-state index contributed by atoms with van der Waals surface area (Å²) in [4.78, 5) is 53.1. The molecule has 5 aliphatic carbocycles. The van der Waals surface area contributed by atoms with Crippen molar-refractivity contribution in [3.63, 3.8) is 0 Å². The zero-order chi connectivity index (χ0) is 31.8. The first kappa shape index (κ1) is 31.4. The third-order valence-electron chi connectivity index (χ3n) is 13.2. The van der Waals surface area contributed by atoms with Crippen LogP contribution in [0, 0.1) is 50.2 Å². The van der Waals surface area contributed by atoms with Crippen LogP contribution in [0.4, 0.5) is 4.79 Å². The third kappa shape index (κ3) is 4.34. The minimum Gasteiger partial charge on any atom is -0.453 e. The van der Waals surface area contributed by atoms with Gasteiger partial charge in [0, 0.05) is 36.8 Å². The van der Waals surface area contributed by atoms with Gasteiger partial charge in [0.05, 0.1) is 12.7 Å². The van der Waals surface area contributed by atoms with E-state index in [1.165, 1.54) is 7.11 Å². The Hall–Kier alpha value is -2.99. The van der Waals surface area contributed by atoms with E-state index in [0.717, 1.165) is 37.7 Å². The molecule has 0 radical (unpaired) electrons. The number of ketones is 2. The van der Waals surface area contributed by atoms with Gasteiger partial charge in [-0.05, 0) is 78.8 Å². The van der Waals surface area contributed by atoms with Gasteiger partial charge in [0.25, 0.3) is 0 Å². The summed E-state index contributed by atoms with van der Waals surface area (Å²) in [5.74, 6) is -0.909. The summed E-state index contributed by atoms with van der Waals surface area (Å²) >= 11 is 0. The fraction of sp³-hybridized carbons (Fsp3) is 0.735. The number of carbonyl (C=O) groups excluding carboxylic acids is 4. The number of nitriles is 1. The normalized spacial score (nSPS) is 43.4. The van der Waals surface area contributed by atoms with Crippen molar-refractivity contribution >= 4 is 23.6 Å². The first-order chi connectivity index (χ1) is 19.9. The molecule has 8 atom stereocenters. The van der Waals surface area contributed by atoms with Gasteiger partial charge in [-0.15, -0.1) is 0 Å². The maximum atomic E-state index is 14.5. The molecule has 0 heterocycles. The van der Waals surface area contributed by atoms with E-state index < -0.39 is 27.9 Å². The number of ether oxygens (including phenoxy) is 1. The fourth-order valence-corrected chi connectivity index (χ4v) is 10.1. The highest BCUT2D eigenvalue weighted by molar-refractivity contribution is 6.02. The molecular weight excluding hydrogens is 546 g/mol. The number of hydrogen-bond donors (Lipinski definition) is 2. The summed E-state index contributed by atoms with van der Waals surface area (Å²) in [6, 6.07) is 2.09. The Labute approximate surface area is 255 Å². The van der Waals surface area contributed by atoms with Crippen molar-refractivity contribution in [1.82, 2.24) is 10.2 Å². The Balaban J connectivity index is 1.51. The lowest BCUT2D eigenvalue weighted by Crippen LogP contribution is -2.73. The van der Waals surface area contributed by atoms with Crippen LogP contribution in [0.15, 0.2) is 23.3 Å². The third-order valence-corrected chi connectivity index (χ3v) is 13.2. The Morgan fingerprint density at radius 3 is 2.44 bits per heavy atom. The van der Waals surface area contributed by atoms with E-state index in [9.17, 15) is 29.5 Å². The number of methoxy groups -OCH3 is 1. The Morgan fingerprint density at radius 2 is 1.79 bits per heavy atom. The number of hydrogen-bond acceptors (Lipinski definition) is 7. The molecule has 0 aromatic carbocycles. The minimum atomic E-state index is -1.59. The van der Waals surface area contributed by atoms with Crippen molar-refractivity contribution in [3.05, 3.63) is 23.3 Å². The lowest BCUT2D eigenvalue weighted by atomic mass is 9.33. The maximum absolute atomic E-state index is 14.5. The Kier molecular flexibility index (Phi) is 7.32. The molecule has 0 aromatic heterocycles. The number of rotatable bonds is 4. The van der Waals surface area contributed by atoms with E-state index in [0.29, 0.717) is 25.8 Å². The summed E-state index contributed by atoms with van der Waals surface area (Å²) in [5, 5.41) is 25.2. The Bertz CT molecular complexity index is 1380. The van der Waals surface area contributed by atoms with Crippen LogP contribution in [0.1, 0.15) is 86.0 Å². The molecule has 3 fully saturated rings. The first-order valence-corrected chi connectivity index (χ1v) is 15.6. The van der Waals surface area contributed by atoms with Crippen LogP contribution >= 0.6 is 0 Å². The molecule has 3 saturated carbocycles. The minimum absolute atomic E-state index is 0.0209. The molecule has 43 heavy (non-hydrogen) atoms. The van der Waals surface area contributed by atoms with Gasteiger partial charge >= 0.3 is 6.09 Å². The van der Waals surface area contributed by atoms with Crippen molar-refractivity contribution in [3.8, 4) is 6.07 Å². The van der Waals surface area contributed by atoms with Crippen LogP contribution in [-0.2, 0) is 19.1 Å². The van der Waals surface area contributed by atoms with E-state index in [4.69, 9.17) is 0 Å². The molecular formula is C34H47N3O6. The van der Waals surface area contributed by atoms with Crippen LogP contribution in [0.25, 0.3) is 0 Å². The van der Waals surface area contributed by atoms with Crippen molar-refractivity contribution in [2.24, 2.45) is 38.9 Å². The van der Waals surface area contributed by atoms with Gasteiger partial charge in [-0.3, -0.25) is 14.4 Å². The van der Waals surface area contributed by atoms with E-state index in [1.807, 2.05) is 0 Å². The van der Waals surface area contributed by atoms with Gasteiger partial charge in [-0.2, -0.15) is 5.26 Å². The molecule has 0 bridgehead atoms. The van der Waals surface area contributed by atoms with Crippen LogP contribution in [0.5, 0.6) is 0 Å². The van der Waals surface area contributed by atoms with E-state index >= 15 is 0 Å². The monoisotopic (exact) mass is 593 g/mol. The molecule has 2 N–H and O–H groups in total. The molecule has 2 amide bonds. The standard InChI is InChI=1S/C34H47N3O6/c1-29(20-37(6)27(40)19-36-28(41)43-7)10-11-30(2)12-13-33(5)32(4)9-8-22-14-23(38)21(18-35)16-31(22,3)24(32)15-26(39)34(33,42)25(30)17-29/h15-16,22,25,42H,8-14,17,19-20H2,1-7H3,(H,36,41)/t22-,25+,29-,30+,31-,32+,33-,34+/m0/s1. The number of Topliss-reactive ketones (excluding diaryl/α,β-unsaturated/α-hetero) is 1. The summed E-state index contributed by atoms with van der Waals surface area (Å²) in [7, 11) is 2.97. The molecule has 5 rings (SSSR count). The summed E-state index contributed by atoms with van der Waals surface area (Å²) in [5.41, 5.74) is -2.88. The molecule has 0 aliphatic heterocycles. The highest BCUT2D eigenvalue weighted by Crippen LogP contribution is 2.74. The number of nitrogens with one attached hydrogen (secondary N) is 1. The quantitative estimate of drug-likeness (QED) is 0.490. The topological polar surface area (TPSA) is 137 Å². The number of amides is 2. The van der Waals surface area contributed by atoms with Crippen LogP contribution in [-0.4, -0.2) is 66.4 Å². The van der Waals surface area contributed by atoms with E-state index in [2.05, 4.69) is 50.7 Å². The van der Waals surface area contributed by atoms with Gasteiger partial charge in [-0.1, -0.05) is 40.7 Å². The predicted molar refractivity (Wildman–Crippen MR) is 159 cm³/mol. The molecule has 9 heteroatoms. The highest BCUT2D eigenvalue weighted by atomic mass is 16.5. The number of aliphatic hydroxyl groups is 1. The number of fused-ring (bicyclic) bond motifs is 7. The molecule has 5 aliphatic rings. The lowest BCUT2D eigenvalue weighted by molar-refractivity contribution is -0.242. The highest BCUT2D eigenvalue weighted by Gasteiger charge is 2.74. The average Bonchev–Trinajstić information content (AvgIpc) is 2.96. The fourth-order valence-electron chi connectivity index (χ4n) is 10.1. The van der Waals surface area contributed by atoms with Crippen molar-refractivity contribution in [2.75, 3.05) is 27.2 Å². The zero-order valence-electron chi connectivity index (χ0n) is 26.8. The molecule has 234 valence electrons. The number of nitrogens with zero attached hydrogens (tertiary/aromatic N) is 2. The SMILES string of the molecule is COC(=O)NCC(=O)N(C)C[C@@]1(C)CC[C@]2(C)CC[C@@]3(C)[C@]4(C)CC[C@H]5CC(=O)C(C#N)=C[C@]5(C)C4=CC(=O)[C@]3(O)[C@@H]2C1. The zero-order valence-corrected chi connectivity index (χ0v) is 26.8. The number of allylic oxidation sites excluding steroid dienone is 3. The molecule has 0 aromatic rings. The smallest absolute Gasteiger partial charge is 0.407 e. The van der Waals surface area contributed by atoms with Crippen LogP contribution in [0.2, 0.25) is 0 Å². The van der Waals surface area contributed by atoms with Crippen LogP contribution < -0.4 is 5.32 Å².